The van der Waals surface area contributed by atoms with Gasteiger partial charge in [-0.1, -0.05) is 72.8 Å². The molecular formula is C30H24N4O5S. The van der Waals surface area contributed by atoms with E-state index < -0.39 is 16.1 Å². The Morgan fingerprint density at radius 2 is 1.38 bits per heavy atom. The van der Waals surface area contributed by atoms with E-state index in [-0.39, 0.29) is 29.4 Å². The van der Waals surface area contributed by atoms with Crippen molar-refractivity contribution in [1.82, 2.24) is 13.9 Å². The minimum Gasteiger partial charge on any atom is -0.410 e. The lowest BCUT2D eigenvalue weighted by molar-refractivity contribution is 0.202. The van der Waals surface area contributed by atoms with Gasteiger partial charge in [0.1, 0.15) is 17.8 Å². The number of ether oxygens (including phenoxy) is 1. The van der Waals surface area contributed by atoms with Crippen LogP contribution in [-0.4, -0.2) is 28.4 Å². The maximum Gasteiger partial charge on any atom is 0.424 e. The van der Waals surface area contributed by atoms with E-state index in [1.54, 1.807) is 12.1 Å². The van der Waals surface area contributed by atoms with Crippen LogP contribution in [0.25, 0.3) is 11.3 Å². The molecule has 0 unspecified atom stereocenters. The van der Waals surface area contributed by atoms with Crippen molar-refractivity contribution in [2.24, 2.45) is 5.18 Å². The zero-order valence-electron chi connectivity index (χ0n) is 21.2. The molecule has 0 aliphatic heterocycles. The van der Waals surface area contributed by atoms with Crippen molar-refractivity contribution in [2.75, 3.05) is 0 Å². The van der Waals surface area contributed by atoms with Gasteiger partial charge in [-0.2, -0.15) is 4.31 Å². The number of nitroso groups, excluding NO2 is 1. The fourth-order valence-electron chi connectivity index (χ4n) is 4.05. The van der Waals surface area contributed by atoms with E-state index in [9.17, 15) is 18.1 Å². The molecule has 10 heteroatoms. The third kappa shape index (κ3) is 6.20. The minimum atomic E-state index is -3.84. The van der Waals surface area contributed by atoms with E-state index in [2.05, 4.69) is 10.2 Å². The van der Waals surface area contributed by atoms with Crippen molar-refractivity contribution in [3.05, 3.63) is 138 Å². The third-order valence-corrected chi connectivity index (χ3v) is 7.94. The first-order valence-corrected chi connectivity index (χ1v) is 13.7. The number of sulfonamides is 1. The Morgan fingerprint density at radius 3 is 1.93 bits per heavy atom. The van der Waals surface area contributed by atoms with E-state index in [4.69, 9.17) is 4.74 Å². The van der Waals surface area contributed by atoms with Crippen molar-refractivity contribution in [3.8, 4) is 17.0 Å². The van der Waals surface area contributed by atoms with E-state index in [1.165, 1.54) is 57.8 Å². The van der Waals surface area contributed by atoms with E-state index in [0.29, 0.717) is 11.3 Å². The van der Waals surface area contributed by atoms with Gasteiger partial charge in [-0.15, -0.1) is 4.91 Å². The predicted octanol–water partition coefficient (Wildman–Crippen LogP) is 6.39. The Morgan fingerprint density at radius 1 is 0.800 bits per heavy atom. The van der Waals surface area contributed by atoms with Gasteiger partial charge in [0.2, 0.25) is 10.0 Å². The Labute approximate surface area is 231 Å². The molecule has 0 N–H and O–H groups in total. The van der Waals surface area contributed by atoms with Crippen LogP contribution in [0.4, 0.5) is 10.5 Å². The standard InChI is InChI=1S/C30H24N4O5S/c35-30(39-27-15-13-26(32-36)14-16-27)33-21-29(31-22-33)25-11-17-28(18-12-25)40(37,38)34(19-23-7-3-1-4-8-23)20-24-9-5-2-6-10-24/h1-18,21-22H,19-20H2. The maximum atomic E-state index is 13.7. The summed E-state index contributed by atoms with van der Waals surface area (Å²) < 4.78 is 35.4. The van der Waals surface area contributed by atoms with Gasteiger partial charge in [0.05, 0.1) is 10.6 Å². The van der Waals surface area contributed by atoms with Gasteiger partial charge in [0.15, 0.2) is 0 Å². The zero-order valence-corrected chi connectivity index (χ0v) is 22.0. The molecule has 200 valence electrons. The molecule has 9 nitrogen and oxygen atoms in total. The number of rotatable bonds is 9. The number of carbonyl (C=O) groups excluding carboxylic acids is 1. The van der Waals surface area contributed by atoms with Gasteiger partial charge < -0.3 is 4.74 Å². The quantitative estimate of drug-likeness (QED) is 0.196. The Kier molecular flexibility index (Phi) is 7.90. The Bertz CT molecular complexity index is 1660. The lowest BCUT2D eigenvalue weighted by Gasteiger charge is -2.23. The molecule has 5 aromatic rings. The summed E-state index contributed by atoms with van der Waals surface area (Å²) in [6.45, 7) is 0.446. The van der Waals surface area contributed by atoms with Crippen LogP contribution >= 0.6 is 0 Å². The summed E-state index contributed by atoms with van der Waals surface area (Å²) in [6, 6.07) is 31.1. The van der Waals surface area contributed by atoms with Gasteiger partial charge in [0.25, 0.3) is 0 Å². The SMILES string of the molecule is O=Nc1ccc(OC(=O)n2cnc(-c3ccc(S(=O)(=O)N(Cc4ccccc4)Cc4ccccc4)cc3)c2)cc1. The highest BCUT2D eigenvalue weighted by Crippen LogP contribution is 2.25. The second-order valence-electron chi connectivity index (χ2n) is 8.89. The van der Waals surface area contributed by atoms with Crippen molar-refractivity contribution >= 4 is 21.8 Å². The van der Waals surface area contributed by atoms with Crippen LogP contribution in [0.5, 0.6) is 5.75 Å². The number of nitrogens with zero attached hydrogens (tertiary/aromatic N) is 4. The van der Waals surface area contributed by atoms with Gasteiger partial charge in [-0.05, 0) is 52.7 Å². The van der Waals surface area contributed by atoms with E-state index >= 15 is 0 Å². The first-order valence-electron chi connectivity index (χ1n) is 12.3. The summed E-state index contributed by atoms with van der Waals surface area (Å²) in [7, 11) is -3.84. The van der Waals surface area contributed by atoms with Crippen LogP contribution in [0.3, 0.4) is 0 Å². The zero-order chi connectivity index (χ0) is 28.0. The molecule has 4 aromatic carbocycles. The van der Waals surface area contributed by atoms with E-state index in [0.717, 1.165) is 11.1 Å². The number of carbonyl (C=O) groups is 1. The van der Waals surface area contributed by atoms with Gasteiger partial charge in [0, 0.05) is 24.8 Å². The predicted molar refractivity (Wildman–Crippen MR) is 150 cm³/mol. The van der Waals surface area contributed by atoms with Crippen molar-refractivity contribution in [1.29, 1.82) is 0 Å². The van der Waals surface area contributed by atoms with Crippen LogP contribution in [0.15, 0.2) is 132 Å². The first-order chi connectivity index (χ1) is 19.4. The molecule has 40 heavy (non-hydrogen) atoms. The molecule has 0 bridgehead atoms. The van der Waals surface area contributed by atoms with Crippen LogP contribution in [-0.2, 0) is 23.1 Å². The van der Waals surface area contributed by atoms with Gasteiger partial charge >= 0.3 is 6.09 Å². The molecule has 5 rings (SSSR count). The molecule has 0 aliphatic carbocycles. The second-order valence-corrected chi connectivity index (χ2v) is 10.8. The molecule has 0 amide bonds. The van der Waals surface area contributed by atoms with Crippen LogP contribution in [0, 0.1) is 4.91 Å². The summed E-state index contributed by atoms with van der Waals surface area (Å²) in [5.74, 6) is 0.248. The molecule has 0 saturated carbocycles. The van der Waals surface area contributed by atoms with Crippen molar-refractivity contribution in [3.63, 3.8) is 0 Å². The molecule has 1 aromatic heterocycles. The summed E-state index contributed by atoms with van der Waals surface area (Å²) in [5, 5.41) is 2.81. The molecule has 1 heterocycles. The topological polar surface area (TPSA) is 111 Å². The summed E-state index contributed by atoms with van der Waals surface area (Å²) >= 11 is 0. The number of hydrogen-bond acceptors (Lipinski definition) is 7. The van der Waals surface area contributed by atoms with Gasteiger partial charge in [-0.25, -0.2) is 22.8 Å². The Hall–Kier alpha value is -4.93. The highest BCUT2D eigenvalue weighted by molar-refractivity contribution is 7.89. The summed E-state index contributed by atoms with van der Waals surface area (Å²) in [4.78, 5) is 27.5. The van der Waals surface area contributed by atoms with Crippen LogP contribution in [0.2, 0.25) is 0 Å². The number of hydrogen-bond donors (Lipinski definition) is 0. The lowest BCUT2D eigenvalue weighted by Crippen LogP contribution is -2.30. The molecule has 0 atom stereocenters. The van der Waals surface area contributed by atoms with Crippen molar-refractivity contribution < 1.29 is 17.9 Å². The average Bonchev–Trinajstić information content (AvgIpc) is 3.49. The van der Waals surface area contributed by atoms with Crippen LogP contribution < -0.4 is 4.74 Å². The molecule has 0 spiro atoms. The summed E-state index contributed by atoms with van der Waals surface area (Å²) in [5.41, 5.74) is 3.08. The average molecular weight is 553 g/mol. The molecule has 0 saturated heterocycles. The number of imidazole rings is 1. The molecule has 0 fully saturated rings. The fourth-order valence-corrected chi connectivity index (χ4v) is 5.46. The maximum absolute atomic E-state index is 13.7. The highest BCUT2D eigenvalue weighted by atomic mass is 32.2. The lowest BCUT2D eigenvalue weighted by atomic mass is 10.2. The number of aromatic nitrogens is 2. The first kappa shape index (κ1) is 26.7. The Balaban J connectivity index is 1.34. The summed E-state index contributed by atoms with van der Waals surface area (Å²) in [6.07, 6.45) is 2.11. The number of benzene rings is 4. The minimum absolute atomic E-state index is 0.148. The largest absolute Gasteiger partial charge is 0.424 e. The molecule has 0 radical (unpaired) electrons. The van der Waals surface area contributed by atoms with Gasteiger partial charge in [-0.3, -0.25) is 0 Å². The molecular weight excluding hydrogens is 528 g/mol. The van der Waals surface area contributed by atoms with Crippen LogP contribution in [0.1, 0.15) is 11.1 Å². The molecule has 0 aliphatic rings. The smallest absolute Gasteiger partial charge is 0.410 e. The van der Waals surface area contributed by atoms with Crippen molar-refractivity contribution in [2.45, 2.75) is 18.0 Å². The second kappa shape index (κ2) is 11.9. The normalized spacial score (nSPS) is 11.3. The third-order valence-electron chi connectivity index (χ3n) is 6.13. The highest BCUT2D eigenvalue weighted by Gasteiger charge is 2.25. The van der Waals surface area contributed by atoms with E-state index in [1.807, 2.05) is 60.7 Å². The fraction of sp³-hybridized carbons (Fsp3) is 0.0667. The monoisotopic (exact) mass is 552 g/mol.